The van der Waals surface area contributed by atoms with Crippen LogP contribution in [0.15, 0.2) is 36.0 Å². The van der Waals surface area contributed by atoms with Crippen molar-refractivity contribution in [2.75, 3.05) is 7.11 Å². The normalized spacial score (nSPS) is 11.0. The first kappa shape index (κ1) is 19.3. The molecule has 0 unspecified atom stereocenters. The van der Waals surface area contributed by atoms with Gasteiger partial charge in [-0.25, -0.2) is 14.4 Å². The van der Waals surface area contributed by atoms with Crippen LogP contribution >= 0.6 is 22.9 Å². The fraction of sp³-hybridized carbons (Fsp3) is 0.158. The number of thiazole rings is 1. The maximum atomic E-state index is 14.9. The molecule has 4 rings (SSSR count). The van der Waals surface area contributed by atoms with Gasteiger partial charge in [0.05, 0.1) is 23.1 Å². The van der Waals surface area contributed by atoms with Crippen molar-refractivity contribution in [3.8, 4) is 11.6 Å². The van der Waals surface area contributed by atoms with Gasteiger partial charge in [-0.3, -0.25) is 9.89 Å². The summed E-state index contributed by atoms with van der Waals surface area (Å²) in [4.78, 5) is 21.1. The zero-order valence-corrected chi connectivity index (χ0v) is 16.7. The molecule has 0 fully saturated rings. The molecule has 0 radical (unpaired) electrons. The molecule has 0 amide bonds. The van der Waals surface area contributed by atoms with E-state index in [1.54, 1.807) is 17.6 Å². The van der Waals surface area contributed by atoms with Crippen LogP contribution in [-0.2, 0) is 13.0 Å². The quantitative estimate of drug-likeness (QED) is 0.440. The summed E-state index contributed by atoms with van der Waals surface area (Å²) in [7, 11) is 1.49. The van der Waals surface area contributed by atoms with E-state index in [0.717, 1.165) is 0 Å². The van der Waals surface area contributed by atoms with Gasteiger partial charge >= 0.3 is 0 Å². The third kappa shape index (κ3) is 3.92. The highest BCUT2D eigenvalue weighted by Gasteiger charge is 2.21. The summed E-state index contributed by atoms with van der Waals surface area (Å²) in [5.41, 5.74) is 0.884. The Kier molecular flexibility index (Phi) is 5.41. The van der Waals surface area contributed by atoms with Gasteiger partial charge in [0, 0.05) is 24.2 Å². The van der Waals surface area contributed by atoms with E-state index in [9.17, 15) is 9.18 Å². The van der Waals surface area contributed by atoms with E-state index in [2.05, 4.69) is 20.2 Å². The van der Waals surface area contributed by atoms with Crippen molar-refractivity contribution in [2.24, 2.45) is 0 Å². The summed E-state index contributed by atoms with van der Waals surface area (Å²) < 4.78 is 25.6. The average molecular weight is 433 g/mol. The van der Waals surface area contributed by atoms with Gasteiger partial charge < -0.3 is 9.47 Å². The van der Waals surface area contributed by atoms with Crippen LogP contribution in [-0.4, -0.2) is 33.1 Å². The van der Waals surface area contributed by atoms with Gasteiger partial charge in [0.2, 0.25) is 5.88 Å². The lowest BCUT2D eigenvalue weighted by molar-refractivity contribution is 0.0988. The van der Waals surface area contributed by atoms with Crippen LogP contribution in [0.5, 0.6) is 11.6 Å². The lowest BCUT2D eigenvalue weighted by Crippen LogP contribution is -2.09. The van der Waals surface area contributed by atoms with Crippen LogP contribution in [0.2, 0.25) is 5.02 Å². The topological polar surface area (TPSA) is 90.0 Å². The fourth-order valence-corrected chi connectivity index (χ4v) is 3.59. The van der Waals surface area contributed by atoms with Crippen molar-refractivity contribution in [1.82, 2.24) is 20.2 Å². The molecule has 0 atom stereocenters. The Bertz CT molecular complexity index is 1180. The summed E-state index contributed by atoms with van der Waals surface area (Å²) in [5, 5.41) is 9.85. The lowest BCUT2D eigenvalue weighted by atomic mass is 10.0. The van der Waals surface area contributed by atoms with E-state index in [4.69, 9.17) is 21.1 Å². The molecule has 10 heteroatoms. The largest absolute Gasteiger partial charge is 0.483 e. The van der Waals surface area contributed by atoms with Gasteiger partial charge in [0.15, 0.2) is 23.0 Å². The molecule has 3 heterocycles. The van der Waals surface area contributed by atoms with Gasteiger partial charge in [-0.1, -0.05) is 11.6 Å². The molecule has 1 aromatic carbocycles. The zero-order chi connectivity index (χ0) is 20.4. The molecular formula is C19H14ClFN4O3S. The van der Waals surface area contributed by atoms with Crippen LogP contribution in [0, 0.1) is 5.82 Å². The molecule has 0 saturated heterocycles. The molecule has 0 aliphatic heterocycles. The number of nitrogens with one attached hydrogen (secondary N) is 1. The van der Waals surface area contributed by atoms with E-state index in [1.165, 1.54) is 36.8 Å². The molecule has 0 aliphatic rings. The molecule has 3 aromatic heterocycles. The van der Waals surface area contributed by atoms with Crippen LogP contribution in [0.1, 0.15) is 20.9 Å². The van der Waals surface area contributed by atoms with Gasteiger partial charge in [0.1, 0.15) is 11.6 Å². The van der Waals surface area contributed by atoms with Gasteiger partial charge in [-0.15, -0.1) is 16.4 Å². The Morgan fingerprint density at radius 1 is 1.34 bits per heavy atom. The van der Waals surface area contributed by atoms with Gasteiger partial charge in [-0.05, 0) is 23.8 Å². The van der Waals surface area contributed by atoms with Crippen LogP contribution in [0.4, 0.5) is 4.39 Å². The van der Waals surface area contributed by atoms with Crippen LogP contribution in [0.3, 0.4) is 0 Å². The first-order chi connectivity index (χ1) is 14.1. The molecule has 0 aliphatic carbocycles. The number of methoxy groups -OCH3 is 1. The standard InChI is InChI=1S/C19H14ClFN4O3S/c1-27-19-11-6-10(8-23-18(11)24-25-19)7-13(26)16-12(20)2-3-14(17(16)21)28-9-15-22-4-5-29-15/h2-6,8H,7,9H2,1H3,(H,23,24,25). The maximum Gasteiger partial charge on any atom is 0.241 e. The van der Waals surface area contributed by atoms with E-state index >= 15 is 0 Å². The van der Waals surface area contributed by atoms with Crippen LogP contribution < -0.4 is 9.47 Å². The Balaban J connectivity index is 1.58. The highest BCUT2D eigenvalue weighted by atomic mass is 35.5. The molecule has 0 saturated carbocycles. The summed E-state index contributed by atoms with van der Waals surface area (Å²) in [5.74, 6) is -0.980. The second-order valence-corrected chi connectivity index (χ2v) is 7.41. The Morgan fingerprint density at radius 3 is 2.97 bits per heavy atom. The first-order valence-electron chi connectivity index (χ1n) is 8.46. The van der Waals surface area contributed by atoms with E-state index < -0.39 is 11.6 Å². The summed E-state index contributed by atoms with van der Waals surface area (Å²) in [6.07, 6.45) is 3.06. The van der Waals surface area contributed by atoms with Crippen molar-refractivity contribution in [2.45, 2.75) is 13.0 Å². The molecular weight excluding hydrogens is 419 g/mol. The minimum absolute atomic E-state index is 0.0176. The van der Waals surface area contributed by atoms with Crippen molar-refractivity contribution >= 4 is 39.8 Å². The molecule has 7 nitrogen and oxygen atoms in total. The lowest BCUT2D eigenvalue weighted by Gasteiger charge is -2.11. The van der Waals surface area contributed by atoms with Crippen molar-refractivity contribution in [3.05, 3.63) is 62.9 Å². The van der Waals surface area contributed by atoms with Gasteiger partial charge in [0.25, 0.3) is 0 Å². The maximum absolute atomic E-state index is 14.9. The number of hydrogen-bond acceptors (Lipinski definition) is 7. The third-order valence-electron chi connectivity index (χ3n) is 4.17. The minimum atomic E-state index is -0.797. The number of pyridine rings is 1. The second-order valence-electron chi connectivity index (χ2n) is 6.02. The minimum Gasteiger partial charge on any atom is -0.483 e. The van der Waals surface area contributed by atoms with E-state index in [-0.39, 0.29) is 29.4 Å². The Morgan fingerprint density at radius 2 is 2.21 bits per heavy atom. The predicted molar refractivity (Wildman–Crippen MR) is 106 cm³/mol. The number of halogens is 2. The summed E-state index contributed by atoms with van der Waals surface area (Å²) in [6.45, 7) is 0.102. The van der Waals surface area contributed by atoms with Gasteiger partial charge in [-0.2, -0.15) is 0 Å². The molecule has 0 spiro atoms. The first-order valence-corrected chi connectivity index (χ1v) is 9.72. The van der Waals surface area contributed by atoms with Crippen molar-refractivity contribution in [1.29, 1.82) is 0 Å². The number of fused-ring (bicyclic) bond motifs is 1. The molecule has 4 aromatic rings. The average Bonchev–Trinajstić information content (AvgIpc) is 3.36. The Labute approximate surface area is 173 Å². The number of rotatable bonds is 7. The number of aromatic nitrogens is 4. The molecule has 0 bridgehead atoms. The number of hydrogen-bond donors (Lipinski definition) is 1. The highest BCUT2D eigenvalue weighted by Crippen LogP contribution is 2.30. The van der Waals surface area contributed by atoms with E-state index in [1.807, 2.05) is 0 Å². The summed E-state index contributed by atoms with van der Waals surface area (Å²) in [6, 6.07) is 4.55. The number of H-pyrrole nitrogens is 1. The fourth-order valence-electron chi connectivity index (χ4n) is 2.81. The second kappa shape index (κ2) is 8.14. The Hall–Kier alpha value is -3.04. The number of carbonyl (C=O) groups excluding carboxylic acids is 1. The smallest absolute Gasteiger partial charge is 0.241 e. The van der Waals surface area contributed by atoms with E-state index in [0.29, 0.717) is 27.5 Å². The zero-order valence-electron chi connectivity index (χ0n) is 15.1. The number of ether oxygens (including phenoxy) is 2. The number of aromatic amines is 1. The number of carbonyl (C=O) groups is 1. The van der Waals surface area contributed by atoms with Crippen molar-refractivity contribution < 1.29 is 18.7 Å². The monoisotopic (exact) mass is 432 g/mol. The SMILES string of the molecule is COc1n[nH]c2ncc(CC(=O)c3c(Cl)ccc(OCc4nccs4)c3F)cc12. The molecule has 29 heavy (non-hydrogen) atoms. The highest BCUT2D eigenvalue weighted by molar-refractivity contribution is 7.09. The molecule has 148 valence electrons. The van der Waals surface area contributed by atoms with Crippen molar-refractivity contribution in [3.63, 3.8) is 0 Å². The number of nitrogens with zero attached hydrogens (tertiary/aromatic N) is 3. The predicted octanol–water partition coefficient (Wildman–Crippen LogP) is 4.22. The van der Waals surface area contributed by atoms with Crippen LogP contribution in [0.25, 0.3) is 11.0 Å². The number of Topliss-reactive ketones (excluding diaryl/α,β-unsaturated/α-hetero) is 1. The summed E-state index contributed by atoms with van der Waals surface area (Å²) >= 11 is 7.50. The third-order valence-corrected chi connectivity index (χ3v) is 5.23. The molecule has 1 N–H and O–H groups in total. The number of ketones is 1. The number of benzene rings is 1.